The van der Waals surface area contributed by atoms with Gasteiger partial charge in [0, 0.05) is 69.3 Å². The zero-order valence-electron chi connectivity index (χ0n) is 50.5. The monoisotopic (exact) mass is 1260 g/mol. The number of nitrogens with zero attached hydrogens (tertiary/aromatic N) is 9. The van der Waals surface area contributed by atoms with Gasteiger partial charge in [0.1, 0.15) is 37.0 Å². The van der Waals surface area contributed by atoms with Gasteiger partial charge in [-0.15, -0.1) is 21.5 Å². The van der Waals surface area contributed by atoms with Crippen LogP contribution in [-0.2, 0) is 34.5 Å². The van der Waals surface area contributed by atoms with E-state index in [0.717, 1.165) is 83.5 Å². The van der Waals surface area contributed by atoms with Gasteiger partial charge in [0.05, 0.1) is 57.4 Å². The standard InChI is InChI=1S/C62H77N11O12S3/c1-37(2)56(60(77)72-34-48(74)28-52(72)59(76)64-38(3)44-14-16-45(17-15-44)57-39(4)63-36-86-57)54-30-55(68-85-54)82-27-26-69-22-20-42(21-23-69)31-70-24-25-71-47(32-70)33-73(58-51(71)29-50(66-67-58)49-10-8-9-11-53(49)75)62(79)83-35-43-12-18-46(19-13-43)65-61(78)84-40(5)41(6)87-88(7,80)81/h8-19,29-30,36-38,40-42,47-48,52,56,74-75H,20-28,31-35H2,1-7H3,(H,64,76)(H,65,78)/t38-,40?,41?,47+,48+,52-,56+/m0/s1. The molecule has 6 aromatic rings. The second-order valence-electron chi connectivity index (χ2n) is 23.6. The molecule has 0 radical (unpaired) electrons. The molecule has 3 saturated heterocycles. The lowest BCUT2D eigenvalue weighted by molar-refractivity contribution is -0.141. The summed E-state index contributed by atoms with van der Waals surface area (Å²) in [5.74, 6) is -0.132. The van der Waals surface area contributed by atoms with E-state index in [9.17, 15) is 37.8 Å². The molecule has 0 spiro atoms. The molecule has 88 heavy (non-hydrogen) atoms. The molecule has 26 heteroatoms. The summed E-state index contributed by atoms with van der Waals surface area (Å²) in [7, 11) is -2.60. The Kier molecular flexibility index (Phi) is 20.2. The predicted molar refractivity (Wildman–Crippen MR) is 336 cm³/mol. The first-order valence-corrected chi connectivity index (χ1v) is 34.0. The van der Waals surface area contributed by atoms with E-state index in [1.54, 1.807) is 73.7 Å². The summed E-state index contributed by atoms with van der Waals surface area (Å²) in [6, 6.07) is 23.9. The van der Waals surface area contributed by atoms with Gasteiger partial charge in [-0.25, -0.2) is 23.0 Å². The Balaban J connectivity index is 0.696. The van der Waals surface area contributed by atoms with Gasteiger partial charge in [-0.05, 0) is 128 Å². The van der Waals surface area contributed by atoms with E-state index in [0.29, 0.717) is 72.8 Å². The van der Waals surface area contributed by atoms with E-state index in [2.05, 4.69) is 45.7 Å². The highest BCUT2D eigenvalue weighted by atomic mass is 33.1. The number of carbonyl (C=O) groups excluding carboxylic acids is 4. The summed E-state index contributed by atoms with van der Waals surface area (Å²) in [6.45, 7) is 17.2. The molecular formula is C62H77N11O12S3. The lowest BCUT2D eigenvalue weighted by Gasteiger charge is -2.48. The minimum Gasteiger partial charge on any atom is -0.507 e. The number of amides is 4. The number of aryl methyl sites for hydroxylation is 1. The molecule has 3 aromatic carbocycles. The van der Waals surface area contributed by atoms with Crippen molar-refractivity contribution in [3.63, 3.8) is 0 Å². The Morgan fingerprint density at radius 2 is 1.65 bits per heavy atom. The van der Waals surface area contributed by atoms with Gasteiger partial charge in [0.15, 0.2) is 20.4 Å². The number of thiazole rings is 1. The molecule has 0 saturated carbocycles. The van der Waals surface area contributed by atoms with Crippen molar-refractivity contribution in [3.05, 3.63) is 113 Å². The van der Waals surface area contributed by atoms with Crippen LogP contribution >= 0.6 is 22.1 Å². The molecule has 470 valence electrons. The van der Waals surface area contributed by atoms with Crippen LogP contribution in [0.3, 0.4) is 0 Å². The zero-order valence-corrected chi connectivity index (χ0v) is 52.9. The van der Waals surface area contributed by atoms with E-state index in [1.807, 2.05) is 69.6 Å². The van der Waals surface area contributed by atoms with E-state index < -0.39 is 50.5 Å². The van der Waals surface area contributed by atoms with Crippen molar-refractivity contribution in [2.24, 2.45) is 11.8 Å². The first-order valence-electron chi connectivity index (χ1n) is 29.8. The van der Waals surface area contributed by atoms with Gasteiger partial charge < -0.3 is 44.1 Å². The minimum absolute atomic E-state index is 0.0265. The van der Waals surface area contributed by atoms with Crippen molar-refractivity contribution >= 4 is 72.2 Å². The normalized spacial score (nSPS) is 19.7. The number of phenols is 1. The highest BCUT2D eigenvalue weighted by Gasteiger charge is 2.44. The number of para-hydroxylation sites is 1. The number of likely N-dealkylation sites (tertiary alicyclic amines) is 2. The van der Waals surface area contributed by atoms with Crippen molar-refractivity contribution in [2.45, 2.75) is 109 Å². The molecule has 23 nitrogen and oxygen atoms in total. The highest BCUT2D eigenvalue weighted by molar-refractivity contribution is 8.72. The number of piperidine rings is 1. The average Bonchev–Trinajstić information content (AvgIpc) is 1.67. The summed E-state index contributed by atoms with van der Waals surface area (Å²) in [5, 5.41) is 40.0. The summed E-state index contributed by atoms with van der Waals surface area (Å²) < 4.78 is 46.6. The SMILES string of the molecule is Cc1ncsc1-c1ccc([C@H](C)NC(=O)[C@@H]2C[C@@H](O)CN2C(=O)[C@@H](c2cc(OCCN3CCC(CN4CCN5c6cc(-c7ccccc7O)nnc6N(C(=O)OCc6ccc(NC(=O)OC(C)C(C)SS(C)(=O)=O)cc6)C[C@H]5C4)CC3)no2)C(C)C)cc1. The number of benzene rings is 3. The molecule has 3 aromatic heterocycles. The number of fused-ring (bicyclic) bond motifs is 3. The number of nitrogens with one attached hydrogen (secondary N) is 2. The topological polar surface area (TPSA) is 276 Å². The quantitative estimate of drug-likeness (QED) is 0.0493. The van der Waals surface area contributed by atoms with Gasteiger partial charge in [0.2, 0.25) is 11.8 Å². The third-order valence-corrected chi connectivity index (χ3v) is 20.8. The average molecular weight is 1260 g/mol. The molecule has 10 rings (SSSR count). The number of hydrogen-bond acceptors (Lipinski definition) is 21. The molecule has 0 aliphatic carbocycles. The fourth-order valence-corrected chi connectivity index (χ4v) is 15.6. The smallest absolute Gasteiger partial charge is 0.415 e. The maximum absolute atomic E-state index is 14.4. The first kappa shape index (κ1) is 63.7. The van der Waals surface area contributed by atoms with Crippen LogP contribution in [0.5, 0.6) is 11.6 Å². The van der Waals surface area contributed by atoms with Gasteiger partial charge in [-0.1, -0.05) is 62.4 Å². The number of anilines is 3. The summed E-state index contributed by atoms with van der Waals surface area (Å²) >= 11 is 1.58. The van der Waals surface area contributed by atoms with Crippen molar-refractivity contribution in [3.8, 4) is 33.3 Å². The Labute approximate surface area is 520 Å². The fourth-order valence-electron chi connectivity index (χ4n) is 11.9. The lowest BCUT2D eigenvalue weighted by atomic mass is 9.91. The third kappa shape index (κ3) is 15.5. The molecule has 7 atom stereocenters. The van der Waals surface area contributed by atoms with Crippen LogP contribution in [0.1, 0.15) is 88.4 Å². The molecule has 2 unspecified atom stereocenters. The molecule has 4 aliphatic rings. The Bertz CT molecular complexity index is 3530. The number of piperazine rings is 1. The van der Waals surface area contributed by atoms with Crippen LogP contribution in [0.2, 0.25) is 0 Å². The minimum atomic E-state index is -3.33. The van der Waals surface area contributed by atoms with Crippen LogP contribution in [0.15, 0.2) is 95.0 Å². The van der Waals surface area contributed by atoms with Gasteiger partial charge in [0.25, 0.3) is 5.88 Å². The van der Waals surface area contributed by atoms with Gasteiger partial charge in [-0.2, -0.15) is 0 Å². The maximum Gasteiger partial charge on any atom is 0.415 e. The van der Waals surface area contributed by atoms with Crippen molar-refractivity contribution in [1.29, 1.82) is 0 Å². The predicted octanol–water partition coefficient (Wildman–Crippen LogP) is 8.30. The molecule has 4 N–H and O–H groups in total. The zero-order chi connectivity index (χ0) is 62.4. The first-order chi connectivity index (χ1) is 42.1. The van der Waals surface area contributed by atoms with Crippen LogP contribution in [0.25, 0.3) is 21.7 Å². The van der Waals surface area contributed by atoms with Crippen molar-refractivity contribution in [1.82, 2.24) is 40.4 Å². The van der Waals surface area contributed by atoms with Gasteiger partial charge in [-0.3, -0.25) is 29.6 Å². The van der Waals surface area contributed by atoms with Gasteiger partial charge >= 0.3 is 12.2 Å². The number of rotatable bonds is 21. The van der Waals surface area contributed by atoms with Crippen LogP contribution in [-0.4, -0.2) is 179 Å². The van der Waals surface area contributed by atoms with E-state index >= 15 is 0 Å². The molecule has 7 heterocycles. The number of phenolic OH excluding ortho intramolecular Hbond substituents is 1. The Morgan fingerprint density at radius 3 is 2.35 bits per heavy atom. The molecule has 4 aliphatic heterocycles. The van der Waals surface area contributed by atoms with Crippen molar-refractivity contribution in [2.75, 3.05) is 86.9 Å². The van der Waals surface area contributed by atoms with E-state index in [-0.39, 0.29) is 61.0 Å². The number of aromatic hydroxyl groups is 1. The molecular weight excluding hydrogens is 1190 g/mol. The summed E-state index contributed by atoms with van der Waals surface area (Å²) in [6.07, 6.45) is 0.363. The largest absolute Gasteiger partial charge is 0.507 e. The lowest BCUT2D eigenvalue weighted by Crippen LogP contribution is -2.61. The number of β-amino-alcohol motifs (C(OH)–C–C–N with tert-alkyl or cyclic N) is 1. The number of aliphatic hydroxyl groups is 1. The number of hydrogen-bond donors (Lipinski definition) is 4. The van der Waals surface area contributed by atoms with Crippen LogP contribution in [0.4, 0.5) is 26.8 Å². The molecule has 0 bridgehead atoms. The summed E-state index contributed by atoms with van der Waals surface area (Å²) in [4.78, 5) is 70.5. The van der Waals surface area contributed by atoms with E-state index in [1.165, 1.54) is 9.80 Å². The van der Waals surface area contributed by atoms with Crippen LogP contribution < -0.4 is 25.2 Å². The second kappa shape index (κ2) is 28.0. The Morgan fingerprint density at radius 1 is 0.898 bits per heavy atom. The number of carbonyl (C=O) groups is 4. The fraction of sp³-hybridized carbons (Fsp3) is 0.484. The molecule has 3 fully saturated rings. The van der Waals surface area contributed by atoms with E-state index in [4.69, 9.17) is 18.7 Å². The number of aromatic nitrogens is 4. The number of ether oxygens (including phenoxy) is 3. The maximum atomic E-state index is 14.4. The third-order valence-electron chi connectivity index (χ3n) is 16.8. The number of aliphatic hydroxyl groups excluding tert-OH is 1. The second-order valence-corrected chi connectivity index (χ2v) is 29.2. The highest BCUT2D eigenvalue weighted by Crippen LogP contribution is 2.40. The summed E-state index contributed by atoms with van der Waals surface area (Å²) in [5.41, 5.74) is 7.58. The molecule has 4 amide bonds. The van der Waals surface area contributed by atoms with Crippen molar-refractivity contribution < 1.29 is 56.5 Å². The van der Waals surface area contributed by atoms with Crippen LogP contribution in [0, 0.1) is 18.8 Å². The Hall–Kier alpha value is -7.36.